The van der Waals surface area contributed by atoms with Crippen LogP contribution in [0, 0.1) is 0 Å². The van der Waals surface area contributed by atoms with Crippen LogP contribution >= 0.6 is 0 Å². The summed E-state index contributed by atoms with van der Waals surface area (Å²) in [5.74, 6) is 0.856. The Morgan fingerprint density at radius 2 is 2.07 bits per heavy atom. The summed E-state index contributed by atoms with van der Waals surface area (Å²) in [6.45, 7) is 6.12. The fraction of sp³-hybridized carbons (Fsp3) is 0.455. The Morgan fingerprint density at radius 1 is 1.47 bits per heavy atom. The van der Waals surface area contributed by atoms with E-state index in [0.717, 1.165) is 11.5 Å². The van der Waals surface area contributed by atoms with E-state index in [1.807, 2.05) is 39.4 Å². The molecule has 0 saturated carbocycles. The van der Waals surface area contributed by atoms with Crippen LogP contribution in [0.5, 0.6) is 0 Å². The number of H-pyrrole nitrogens is 1. The molecule has 1 aromatic heterocycles. The average molecular weight is 208 g/mol. The Morgan fingerprint density at radius 3 is 2.47 bits per heavy atom. The predicted octanol–water partition coefficient (Wildman–Crippen LogP) is 1.41. The zero-order valence-electron chi connectivity index (χ0n) is 9.96. The van der Waals surface area contributed by atoms with Crippen molar-refractivity contribution in [3.63, 3.8) is 0 Å². The minimum atomic E-state index is -0.0793. The van der Waals surface area contributed by atoms with Gasteiger partial charge >= 0.3 is 5.82 Å². The minimum Gasteiger partial charge on any atom is -0.266 e. The highest BCUT2D eigenvalue weighted by Gasteiger charge is 2.11. The molecule has 0 atom stereocenters. The fourth-order valence-electron chi connectivity index (χ4n) is 1.49. The maximum atomic E-state index is 11.1. The number of nitrogens with zero attached hydrogens (tertiary/aromatic N) is 2. The molecule has 1 aromatic rings. The van der Waals surface area contributed by atoms with Crippen LogP contribution in [0.4, 0.5) is 5.82 Å². The first-order valence-corrected chi connectivity index (χ1v) is 4.90. The van der Waals surface area contributed by atoms with E-state index >= 15 is 0 Å². The number of aromatic nitrogens is 2. The van der Waals surface area contributed by atoms with Crippen LogP contribution in [-0.2, 0) is 7.05 Å². The van der Waals surface area contributed by atoms with Crippen LogP contribution in [0.15, 0.2) is 22.5 Å². The van der Waals surface area contributed by atoms with Crippen molar-refractivity contribution >= 4 is 11.5 Å². The Bertz CT molecular complexity index is 470. The van der Waals surface area contributed by atoms with E-state index in [9.17, 15) is 4.79 Å². The van der Waals surface area contributed by atoms with Crippen LogP contribution < -0.4 is 5.56 Å². The highest BCUT2D eigenvalue weighted by atomic mass is 16.1. The molecule has 1 rings (SSSR count). The zero-order valence-corrected chi connectivity index (χ0v) is 9.96. The lowest BCUT2D eigenvalue weighted by Gasteiger charge is -2.01. The van der Waals surface area contributed by atoms with E-state index in [4.69, 9.17) is 0 Å². The molecule has 1 heterocycles. The lowest BCUT2D eigenvalue weighted by molar-refractivity contribution is -0.411. The fourth-order valence-corrected chi connectivity index (χ4v) is 1.49. The molecule has 82 valence electrons. The normalized spacial score (nSPS) is 12.3. The molecular formula is C11H18N3O+. The van der Waals surface area contributed by atoms with Crippen molar-refractivity contribution < 1.29 is 4.58 Å². The monoisotopic (exact) mass is 208 g/mol. The van der Waals surface area contributed by atoms with Crippen molar-refractivity contribution in [1.29, 1.82) is 0 Å². The van der Waals surface area contributed by atoms with Gasteiger partial charge in [-0.15, -0.1) is 0 Å². The van der Waals surface area contributed by atoms with E-state index in [1.54, 1.807) is 10.7 Å². The van der Waals surface area contributed by atoms with E-state index in [1.165, 1.54) is 5.57 Å². The van der Waals surface area contributed by atoms with Crippen LogP contribution in [-0.4, -0.2) is 27.1 Å². The number of hydrogen-bond donors (Lipinski definition) is 1. The van der Waals surface area contributed by atoms with Crippen molar-refractivity contribution in [2.75, 3.05) is 7.05 Å². The van der Waals surface area contributed by atoms with Gasteiger partial charge in [-0.3, -0.25) is 4.79 Å². The van der Waals surface area contributed by atoms with Gasteiger partial charge in [0.15, 0.2) is 0 Å². The molecule has 4 heteroatoms. The van der Waals surface area contributed by atoms with Gasteiger partial charge in [0.05, 0.1) is 13.1 Å². The molecule has 0 aliphatic heterocycles. The van der Waals surface area contributed by atoms with Crippen LogP contribution in [0.2, 0.25) is 0 Å². The highest BCUT2D eigenvalue weighted by Crippen LogP contribution is 2.05. The van der Waals surface area contributed by atoms with Gasteiger partial charge in [-0.2, -0.15) is 9.78 Å². The molecule has 0 aliphatic carbocycles. The Hall–Kier alpha value is -1.58. The van der Waals surface area contributed by atoms with E-state index in [2.05, 4.69) is 11.2 Å². The van der Waals surface area contributed by atoms with E-state index < -0.39 is 0 Å². The SMILES string of the molecule is CC(C)=C/C(C)=[N+](/C)c1cc(=O)[nH]n1C. The van der Waals surface area contributed by atoms with Crippen molar-refractivity contribution in [2.24, 2.45) is 7.05 Å². The lowest BCUT2D eigenvalue weighted by atomic mass is 10.2. The summed E-state index contributed by atoms with van der Waals surface area (Å²) in [6, 6.07) is 1.59. The second-order valence-corrected chi connectivity index (χ2v) is 3.96. The van der Waals surface area contributed by atoms with Gasteiger partial charge in [0.25, 0.3) is 5.56 Å². The Kier molecular flexibility index (Phi) is 3.29. The number of aryl methyl sites for hydroxylation is 1. The summed E-state index contributed by atoms with van der Waals surface area (Å²) in [5.41, 5.74) is 2.26. The summed E-state index contributed by atoms with van der Waals surface area (Å²) in [4.78, 5) is 11.1. The molecule has 15 heavy (non-hydrogen) atoms. The first kappa shape index (κ1) is 11.5. The molecule has 0 bridgehead atoms. The summed E-state index contributed by atoms with van der Waals surface area (Å²) in [5, 5.41) is 2.68. The smallest absolute Gasteiger partial charge is 0.266 e. The summed E-state index contributed by atoms with van der Waals surface area (Å²) in [7, 11) is 3.76. The van der Waals surface area contributed by atoms with Gasteiger partial charge < -0.3 is 0 Å². The van der Waals surface area contributed by atoms with Gasteiger partial charge in [-0.25, -0.2) is 4.58 Å². The first-order chi connectivity index (χ1) is 6.91. The molecule has 0 unspecified atom stereocenters. The van der Waals surface area contributed by atoms with Crippen molar-refractivity contribution in [3.05, 3.63) is 28.1 Å². The second-order valence-electron chi connectivity index (χ2n) is 3.96. The third-order valence-corrected chi connectivity index (χ3v) is 2.25. The highest BCUT2D eigenvalue weighted by molar-refractivity contribution is 5.89. The predicted molar refractivity (Wildman–Crippen MR) is 62.0 cm³/mol. The Balaban J connectivity index is 3.24. The first-order valence-electron chi connectivity index (χ1n) is 4.90. The van der Waals surface area contributed by atoms with Gasteiger partial charge in [0, 0.05) is 0 Å². The quantitative estimate of drug-likeness (QED) is 0.579. The number of hydrogen-bond acceptors (Lipinski definition) is 1. The minimum absolute atomic E-state index is 0.0793. The molecular weight excluding hydrogens is 190 g/mol. The van der Waals surface area contributed by atoms with Crippen molar-refractivity contribution in [2.45, 2.75) is 20.8 Å². The standard InChI is InChI=1S/C11H17N3O/c1-8(2)6-9(3)13(4)11-7-10(15)12-14(11)5/h6-7H,1-5H3/p+1/b13-9-. The summed E-state index contributed by atoms with van der Waals surface area (Å²) >= 11 is 0. The van der Waals surface area contributed by atoms with Gasteiger partial charge in [0.2, 0.25) is 0 Å². The van der Waals surface area contributed by atoms with Crippen LogP contribution in [0.1, 0.15) is 20.8 Å². The second kappa shape index (κ2) is 4.29. The topological polar surface area (TPSA) is 40.8 Å². The zero-order chi connectivity index (χ0) is 11.6. The molecule has 4 nitrogen and oxygen atoms in total. The Labute approximate surface area is 89.5 Å². The van der Waals surface area contributed by atoms with E-state index in [0.29, 0.717) is 0 Å². The third kappa shape index (κ3) is 2.68. The van der Waals surface area contributed by atoms with Gasteiger partial charge in [0.1, 0.15) is 12.8 Å². The molecule has 0 saturated heterocycles. The summed E-state index contributed by atoms with van der Waals surface area (Å²) < 4.78 is 3.69. The molecule has 0 spiro atoms. The van der Waals surface area contributed by atoms with Crippen LogP contribution in [0.3, 0.4) is 0 Å². The van der Waals surface area contributed by atoms with Gasteiger partial charge in [-0.1, -0.05) is 5.57 Å². The number of aromatic amines is 1. The van der Waals surface area contributed by atoms with Crippen molar-refractivity contribution in [1.82, 2.24) is 9.78 Å². The maximum absolute atomic E-state index is 11.1. The van der Waals surface area contributed by atoms with Crippen LogP contribution in [0.25, 0.3) is 0 Å². The van der Waals surface area contributed by atoms with E-state index in [-0.39, 0.29) is 5.56 Å². The third-order valence-electron chi connectivity index (χ3n) is 2.25. The molecule has 0 amide bonds. The van der Waals surface area contributed by atoms with Crippen molar-refractivity contribution in [3.8, 4) is 0 Å². The summed E-state index contributed by atoms with van der Waals surface area (Å²) in [6.07, 6.45) is 2.08. The average Bonchev–Trinajstić information content (AvgIpc) is 2.42. The maximum Gasteiger partial charge on any atom is 0.305 e. The van der Waals surface area contributed by atoms with Gasteiger partial charge in [-0.05, 0) is 26.8 Å². The molecule has 1 N–H and O–H groups in total. The molecule has 0 aliphatic rings. The lowest BCUT2D eigenvalue weighted by Crippen LogP contribution is -2.10. The molecule has 0 fully saturated rings. The number of allylic oxidation sites excluding steroid dienone is 2. The largest absolute Gasteiger partial charge is 0.305 e. The molecule has 0 aromatic carbocycles. The number of nitrogens with one attached hydrogen (secondary N) is 1. The molecule has 0 radical (unpaired) electrons. The number of rotatable bonds is 2.